The molecule has 2 nitrogen and oxygen atoms in total. The maximum absolute atomic E-state index is 12.7. The first kappa shape index (κ1) is 17.2. The summed E-state index contributed by atoms with van der Waals surface area (Å²) in [6, 6.07) is 25.1. The lowest BCUT2D eigenvalue weighted by atomic mass is 9.97. The van der Waals surface area contributed by atoms with Gasteiger partial charge in [-0.05, 0) is 36.8 Å². The fraction of sp³-hybridized carbons (Fsp3) is 0.136. The first-order valence-electron chi connectivity index (χ1n) is 8.29. The number of Topliss-reactive ketones (excluding diaryl/α,β-unsaturated/α-hetero) is 1. The third kappa shape index (κ3) is 4.71. The number of benzene rings is 3. The number of nitrogens with one attached hydrogen (secondary N) is 1. The Morgan fingerprint density at radius 1 is 0.920 bits per heavy atom. The van der Waals surface area contributed by atoms with Crippen LogP contribution in [-0.2, 0) is 0 Å². The molecule has 0 spiro atoms. The molecule has 3 aromatic rings. The summed E-state index contributed by atoms with van der Waals surface area (Å²) in [5.41, 5.74) is 3.96. The van der Waals surface area contributed by atoms with Crippen LogP contribution in [0.5, 0.6) is 0 Å². The molecule has 0 aliphatic carbocycles. The number of rotatable bonds is 6. The second kappa shape index (κ2) is 8.00. The second-order valence-corrected chi connectivity index (χ2v) is 6.54. The number of ketones is 1. The van der Waals surface area contributed by atoms with Crippen LogP contribution in [-0.4, -0.2) is 5.78 Å². The van der Waals surface area contributed by atoms with Crippen LogP contribution in [0.25, 0.3) is 0 Å². The molecule has 0 radical (unpaired) electrons. The maximum Gasteiger partial charge on any atom is 0.165 e. The van der Waals surface area contributed by atoms with Gasteiger partial charge in [0.2, 0.25) is 0 Å². The minimum Gasteiger partial charge on any atom is -0.378 e. The second-order valence-electron chi connectivity index (χ2n) is 6.11. The number of hydrogen-bond donors (Lipinski definition) is 1. The third-order valence-electron chi connectivity index (χ3n) is 4.15. The summed E-state index contributed by atoms with van der Waals surface area (Å²) in [4.78, 5) is 12.7. The Morgan fingerprint density at radius 2 is 1.56 bits per heavy atom. The van der Waals surface area contributed by atoms with Crippen molar-refractivity contribution < 1.29 is 4.79 Å². The van der Waals surface area contributed by atoms with Crippen LogP contribution in [0.2, 0.25) is 5.02 Å². The van der Waals surface area contributed by atoms with Gasteiger partial charge in [0.25, 0.3) is 0 Å². The number of hydrogen-bond acceptors (Lipinski definition) is 2. The van der Waals surface area contributed by atoms with E-state index in [9.17, 15) is 4.79 Å². The van der Waals surface area contributed by atoms with E-state index in [-0.39, 0.29) is 11.8 Å². The predicted molar refractivity (Wildman–Crippen MR) is 104 cm³/mol. The molecule has 0 aromatic heterocycles. The van der Waals surface area contributed by atoms with Crippen molar-refractivity contribution in [3.8, 4) is 0 Å². The van der Waals surface area contributed by atoms with Crippen LogP contribution in [0.15, 0.2) is 78.9 Å². The average molecular weight is 350 g/mol. The first-order chi connectivity index (χ1) is 12.1. The van der Waals surface area contributed by atoms with Crippen molar-refractivity contribution in [1.29, 1.82) is 0 Å². The molecule has 0 saturated carbocycles. The molecule has 0 aliphatic rings. The van der Waals surface area contributed by atoms with Crippen LogP contribution >= 0.6 is 11.6 Å². The molecule has 0 saturated heterocycles. The Hall–Kier alpha value is -2.58. The summed E-state index contributed by atoms with van der Waals surface area (Å²) in [6.07, 6.45) is 0.375. The Balaban J connectivity index is 1.84. The largest absolute Gasteiger partial charge is 0.378 e. The van der Waals surface area contributed by atoms with Gasteiger partial charge in [-0.25, -0.2) is 0 Å². The number of aryl methyl sites for hydroxylation is 1. The average Bonchev–Trinajstić information content (AvgIpc) is 2.64. The molecule has 1 unspecified atom stereocenters. The Bertz CT molecular complexity index is 826. The third-order valence-corrected chi connectivity index (χ3v) is 4.40. The summed E-state index contributed by atoms with van der Waals surface area (Å²) in [5.74, 6) is 0.111. The lowest BCUT2D eigenvalue weighted by molar-refractivity contribution is 0.0976. The van der Waals surface area contributed by atoms with Crippen molar-refractivity contribution >= 4 is 23.1 Å². The molecule has 0 aliphatic heterocycles. The number of carbonyl (C=O) groups excluding carboxylic acids is 1. The quantitative estimate of drug-likeness (QED) is 0.547. The Labute approximate surface area is 153 Å². The molecular formula is C22H20ClNO. The highest BCUT2D eigenvalue weighted by molar-refractivity contribution is 6.30. The van der Waals surface area contributed by atoms with Crippen LogP contribution in [0.1, 0.15) is 33.9 Å². The molecule has 126 valence electrons. The molecule has 3 aromatic carbocycles. The van der Waals surface area contributed by atoms with Gasteiger partial charge < -0.3 is 5.32 Å². The van der Waals surface area contributed by atoms with Gasteiger partial charge in [0.15, 0.2) is 5.78 Å². The number of anilines is 1. The SMILES string of the molecule is Cc1ccc(NC(CC(=O)c2ccccc2)c2ccc(Cl)cc2)cc1. The van der Waals surface area contributed by atoms with Gasteiger partial charge in [0.05, 0.1) is 6.04 Å². The summed E-state index contributed by atoms with van der Waals surface area (Å²) >= 11 is 6.01. The zero-order valence-electron chi connectivity index (χ0n) is 14.1. The predicted octanol–water partition coefficient (Wildman–Crippen LogP) is 6.07. The van der Waals surface area contributed by atoms with E-state index in [1.54, 1.807) is 0 Å². The first-order valence-corrected chi connectivity index (χ1v) is 8.66. The zero-order chi connectivity index (χ0) is 17.6. The van der Waals surface area contributed by atoms with Crippen molar-refractivity contribution in [2.75, 3.05) is 5.32 Å². The van der Waals surface area contributed by atoms with E-state index in [4.69, 9.17) is 11.6 Å². The zero-order valence-corrected chi connectivity index (χ0v) is 14.8. The van der Waals surface area contributed by atoms with Crippen molar-refractivity contribution in [3.05, 3.63) is 101 Å². The lowest BCUT2D eigenvalue weighted by Crippen LogP contribution is -2.15. The fourth-order valence-corrected chi connectivity index (χ4v) is 2.85. The molecule has 0 heterocycles. The molecule has 0 amide bonds. The summed E-state index contributed by atoms with van der Waals surface area (Å²) in [6.45, 7) is 2.05. The van der Waals surface area contributed by atoms with Gasteiger partial charge in [-0.3, -0.25) is 4.79 Å². The van der Waals surface area contributed by atoms with Crippen molar-refractivity contribution in [2.45, 2.75) is 19.4 Å². The molecule has 3 rings (SSSR count). The highest BCUT2D eigenvalue weighted by Gasteiger charge is 2.17. The molecule has 1 atom stereocenters. The topological polar surface area (TPSA) is 29.1 Å². The van der Waals surface area contributed by atoms with Crippen LogP contribution in [0.3, 0.4) is 0 Å². The van der Waals surface area contributed by atoms with E-state index in [1.807, 2.05) is 66.7 Å². The standard InChI is InChI=1S/C22H20ClNO/c1-16-7-13-20(14-8-16)24-21(17-9-11-19(23)12-10-17)15-22(25)18-5-3-2-4-6-18/h2-14,21,24H,15H2,1H3. The highest BCUT2D eigenvalue weighted by atomic mass is 35.5. The van der Waals surface area contributed by atoms with E-state index >= 15 is 0 Å². The molecule has 1 N–H and O–H groups in total. The minimum absolute atomic E-state index is 0.111. The normalized spacial score (nSPS) is 11.8. The molecule has 0 bridgehead atoms. The lowest BCUT2D eigenvalue weighted by Gasteiger charge is -2.20. The highest BCUT2D eigenvalue weighted by Crippen LogP contribution is 2.26. The minimum atomic E-state index is -0.118. The summed E-state index contributed by atoms with van der Waals surface area (Å²) < 4.78 is 0. The maximum atomic E-state index is 12.7. The Morgan fingerprint density at radius 3 is 2.20 bits per heavy atom. The summed E-state index contributed by atoms with van der Waals surface area (Å²) in [7, 11) is 0. The van der Waals surface area contributed by atoms with Gasteiger partial charge in [-0.2, -0.15) is 0 Å². The van der Waals surface area contributed by atoms with E-state index in [0.29, 0.717) is 11.4 Å². The Kier molecular flexibility index (Phi) is 5.52. The fourth-order valence-electron chi connectivity index (χ4n) is 2.73. The van der Waals surface area contributed by atoms with E-state index in [1.165, 1.54) is 5.56 Å². The van der Waals surface area contributed by atoms with Gasteiger partial charge in [0.1, 0.15) is 0 Å². The van der Waals surface area contributed by atoms with Crippen molar-refractivity contribution in [2.24, 2.45) is 0 Å². The van der Waals surface area contributed by atoms with Crippen molar-refractivity contribution in [1.82, 2.24) is 0 Å². The van der Waals surface area contributed by atoms with E-state index in [0.717, 1.165) is 16.8 Å². The van der Waals surface area contributed by atoms with Gasteiger partial charge in [-0.1, -0.05) is 71.8 Å². The summed E-state index contributed by atoms with van der Waals surface area (Å²) in [5, 5.41) is 4.17. The van der Waals surface area contributed by atoms with Crippen LogP contribution in [0.4, 0.5) is 5.69 Å². The van der Waals surface area contributed by atoms with Gasteiger partial charge in [-0.15, -0.1) is 0 Å². The number of halogens is 1. The molecule has 0 fully saturated rings. The number of carbonyl (C=O) groups is 1. The van der Waals surface area contributed by atoms with Crippen molar-refractivity contribution in [3.63, 3.8) is 0 Å². The van der Waals surface area contributed by atoms with E-state index < -0.39 is 0 Å². The van der Waals surface area contributed by atoms with Gasteiger partial charge >= 0.3 is 0 Å². The smallest absolute Gasteiger partial charge is 0.165 e. The monoisotopic (exact) mass is 349 g/mol. The molecule has 25 heavy (non-hydrogen) atoms. The van der Waals surface area contributed by atoms with Gasteiger partial charge in [0, 0.05) is 22.7 Å². The van der Waals surface area contributed by atoms with Crippen LogP contribution < -0.4 is 5.32 Å². The van der Waals surface area contributed by atoms with E-state index in [2.05, 4.69) is 24.4 Å². The molecule has 3 heteroatoms. The molecular weight excluding hydrogens is 330 g/mol. The van der Waals surface area contributed by atoms with Crippen LogP contribution in [0, 0.1) is 6.92 Å².